The predicted octanol–water partition coefficient (Wildman–Crippen LogP) is 1.14. The van der Waals surface area contributed by atoms with E-state index in [1.54, 1.807) is 0 Å². The molecular weight excluding hydrogens is 344 g/mol. The van der Waals surface area contributed by atoms with Crippen molar-refractivity contribution in [1.29, 1.82) is 0 Å². The number of carbonyl (C=O) groups is 1. The minimum absolute atomic E-state index is 0.0344. The van der Waals surface area contributed by atoms with Gasteiger partial charge in [0.1, 0.15) is 5.82 Å². The van der Waals surface area contributed by atoms with E-state index in [1.807, 2.05) is 18.7 Å². The number of H-pyrrole nitrogens is 1. The highest BCUT2D eigenvalue weighted by Gasteiger charge is 2.30. The molecule has 2 fully saturated rings. The van der Waals surface area contributed by atoms with E-state index in [0.29, 0.717) is 35.5 Å². The van der Waals surface area contributed by atoms with Gasteiger partial charge >= 0.3 is 0 Å². The number of hydrogen-bond acceptors (Lipinski definition) is 5. The molecule has 150 valence electrons. The van der Waals surface area contributed by atoms with E-state index in [4.69, 9.17) is 4.74 Å². The number of nitrogens with one attached hydrogen (secondary N) is 1. The van der Waals surface area contributed by atoms with E-state index in [0.717, 1.165) is 52.2 Å². The summed E-state index contributed by atoms with van der Waals surface area (Å²) in [5.74, 6) is 1.32. The number of carbonyl (C=O) groups excluding carboxylic acids is 1. The Morgan fingerprint density at radius 2 is 1.93 bits per heavy atom. The van der Waals surface area contributed by atoms with Crippen LogP contribution in [0.1, 0.15) is 43.8 Å². The lowest BCUT2D eigenvalue weighted by Crippen LogP contribution is -2.49. The van der Waals surface area contributed by atoms with Gasteiger partial charge in [0.2, 0.25) is 5.91 Å². The zero-order chi connectivity index (χ0) is 19.4. The minimum atomic E-state index is -0.177. The zero-order valence-electron chi connectivity index (χ0n) is 16.8. The van der Waals surface area contributed by atoms with Gasteiger partial charge in [-0.15, -0.1) is 0 Å². The monoisotopic (exact) mass is 376 g/mol. The third kappa shape index (κ3) is 4.76. The molecule has 7 nitrogen and oxygen atoms in total. The Balaban J connectivity index is 1.55. The molecule has 1 atom stereocenters. The van der Waals surface area contributed by atoms with Crippen LogP contribution in [0.25, 0.3) is 0 Å². The molecule has 27 heavy (non-hydrogen) atoms. The molecule has 1 aromatic heterocycles. The van der Waals surface area contributed by atoms with E-state index in [1.165, 1.54) is 0 Å². The maximum Gasteiger partial charge on any atom is 0.254 e. The molecule has 7 heteroatoms. The minimum Gasteiger partial charge on any atom is -0.379 e. The molecule has 0 spiro atoms. The molecule has 0 unspecified atom stereocenters. The SMILES string of the molecule is CCc1nc(C)c(CC(=O)N2CCC([C@@H](C)N3CCOCC3)CC2)c(=O)[nH]1. The van der Waals surface area contributed by atoms with Crippen LogP contribution in [0.15, 0.2) is 4.79 Å². The largest absolute Gasteiger partial charge is 0.379 e. The number of aromatic amines is 1. The summed E-state index contributed by atoms with van der Waals surface area (Å²) in [6, 6.07) is 0.530. The number of rotatable bonds is 5. The fourth-order valence-corrected chi connectivity index (χ4v) is 4.22. The van der Waals surface area contributed by atoms with Gasteiger partial charge in [0.05, 0.1) is 19.6 Å². The van der Waals surface area contributed by atoms with Crippen molar-refractivity contribution in [2.24, 2.45) is 5.92 Å². The van der Waals surface area contributed by atoms with E-state index < -0.39 is 0 Å². The van der Waals surface area contributed by atoms with Gasteiger partial charge in [0.25, 0.3) is 5.56 Å². The Morgan fingerprint density at radius 1 is 1.26 bits per heavy atom. The molecule has 2 aliphatic rings. The van der Waals surface area contributed by atoms with E-state index in [-0.39, 0.29) is 17.9 Å². The first-order chi connectivity index (χ1) is 13.0. The highest BCUT2D eigenvalue weighted by atomic mass is 16.5. The van der Waals surface area contributed by atoms with Crippen molar-refractivity contribution in [1.82, 2.24) is 19.8 Å². The molecule has 0 aromatic carbocycles. The molecule has 1 N–H and O–H groups in total. The molecule has 3 heterocycles. The van der Waals surface area contributed by atoms with Crippen LogP contribution in [-0.2, 0) is 22.4 Å². The van der Waals surface area contributed by atoms with Crippen molar-refractivity contribution in [3.05, 3.63) is 27.4 Å². The van der Waals surface area contributed by atoms with Gasteiger partial charge in [0.15, 0.2) is 0 Å². The summed E-state index contributed by atoms with van der Waals surface area (Å²) in [5.41, 5.74) is 0.990. The number of amides is 1. The van der Waals surface area contributed by atoms with Crippen LogP contribution < -0.4 is 5.56 Å². The molecule has 0 aliphatic carbocycles. The molecule has 0 bridgehead atoms. The van der Waals surface area contributed by atoms with Gasteiger partial charge in [-0.3, -0.25) is 14.5 Å². The Labute approximate surface area is 161 Å². The number of ether oxygens (including phenoxy) is 1. The summed E-state index contributed by atoms with van der Waals surface area (Å²) < 4.78 is 5.45. The molecule has 3 rings (SSSR count). The maximum atomic E-state index is 12.7. The van der Waals surface area contributed by atoms with Gasteiger partial charge in [-0.2, -0.15) is 0 Å². The van der Waals surface area contributed by atoms with Crippen LogP contribution in [0.4, 0.5) is 0 Å². The Morgan fingerprint density at radius 3 is 2.52 bits per heavy atom. The second-order valence-corrected chi connectivity index (χ2v) is 7.71. The van der Waals surface area contributed by atoms with Gasteiger partial charge in [0, 0.05) is 49.9 Å². The van der Waals surface area contributed by atoms with Crippen LogP contribution >= 0.6 is 0 Å². The van der Waals surface area contributed by atoms with Gasteiger partial charge < -0.3 is 14.6 Å². The quantitative estimate of drug-likeness (QED) is 0.834. The average molecular weight is 377 g/mol. The van der Waals surface area contributed by atoms with E-state index in [2.05, 4.69) is 21.8 Å². The first-order valence-electron chi connectivity index (χ1n) is 10.2. The first kappa shape index (κ1) is 20.0. The summed E-state index contributed by atoms with van der Waals surface area (Å²) in [6.45, 7) is 11.3. The number of morpholine rings is 1. The fraction of sp³-hybridized carbons (Fsp3) is 0.750. The molecule has 1 aromatic rings. The van der Waals surface area contributed by atoms with Crippen LogP contribution in [0.3, 0.4) is 0 Å². The Kier molecular flexibility index (Phi) is 6.65. The van der Waals surface area contributed by atoms with Crippen LogP contribution in [0.5, 0.6) is 0 Å². The fourth-order valence-electron chi connectivity index (χ4n) is 4.22. The maximum absolute atomic E-state index is 12.7. The number of piperidine rings is 1. The predicted molar refractivity (Wildman–Crippen MR) is 104 cm³/mol. The van der Waals surface area contributed by atoms with E-state index >= 15 is 0 Å². The Bertz CT molecular complexity index is 704. The van der Waals surface area contributed by atoms with Gasteiger partial charge in [-0.1, -0.05) is 6.92 Å². The summed E-state index contributed by atoms with van der Waals surface area (Å²) in [4.78, 5) is 36.6. The molecule has 0 saturated carbocycles. The van der Waals surface area contributed by atoms with Crippen molar-refractivity contribution in [3.8, 4) is 0 Å². The number of likely N-dealkylation sites (tertiary alicyclic amines) is 1. The van der Waals surface area contributed by atoms with Gasteiger partial charge in [-0.05, 0) is 32.6 Å². The smallest absolute Gasteiger partial charge is 0.254 e. The lowest BCUT2D eigenvalue weighted by molar-refractivity contribution is -0.132. The average Bonchev–Trinajstić information content (AvgIpc) is 2.70. The van der Waals surface area contributed by atoms with Crippen molar-refractivity contribution in [2.45, 2.75) is 52.5 Å². The van der Waals surface area contributed by atoms with Crippen molar-refractivity contribution in [2.75, 3.05) is 39.4 Å². The van der Waals surface area contributed by atoms with E-state index in [9.17, 15) is 9.59 Å². The second-order valence-electron chi connectivity index (χ2n) is 7.71. The van der Waals surface area contributed by atoms with Crippen molar-refractivity contribution >= 4 is 5.91 Å². The normalized spacial score (nSPS) is 20.6. The van der Waals surface area contributed by atoms with Crippen molar-refractivity contribution < 1.29 is 9.53 Å². The van der Waals surface area contributed by atoms with Crippen molar-refractivity contribution in [3.63, 3.8) is 0 Å². The summed E-state index contributed by atoms with van der Waals surface area (Å²) in [5, 5.41) is 0. The standard InChI is InChI=1S/C20H32N4O3/c1-4-18-21-14(2)17(20(26)22-18)13-19(25)24-7-5-16(6-8-24)15(3)23-9-11-27-12-10-23/h15-16H,4-13H2,1-3H3,(H,21,22,26)/t15-/m1/s1. The first-order valence-corrected chi connectivity index (χ1v) is 10.2. The number of hydrogen-bond donors (Lipinski definition) is 1. The molecular formula is C20H32N4O3. The topological polar surface area (TPSA) is 78.5 Å². The number of aryl methyl sites for hydroxylation is 2. The Hall–Kier alpha value is -1.73. The highest BCUT2D eigenvalue weighted by Crippen LogP contribution is 2.25. The lowest BCUT2D eigenvalue weighted by atomic mass is 9.89. The van der Waals surface area contributed by atoms with Crippen LogP contribution in [-0.4, -0.2) is 71.1 Å². The zero-order valence-corrected chi connectivity index (χ0v) is 16.8. The molecule has 2 aliphatic heterocycles. The molecule has 1 amide bonds. The second kappa shape index (κ2) is 8.97. The number of nitrogens with zero attached hydrogens (tertiary/aromatic N) is 3. The summed E-state index contributed by atoms with van der Waals surface area (Å²) >= 11 is 0. The van der Waals surface area contributed by atoms with Crippen LogP contribution in [0.2, 0.25) is 0 Å². The highest BCUT2D eigenvalue weighted by molar-refractivity contribution is 5.79. The third-order valence-corrected chi connectivity index (χ3v) is 6.13. The summed E-state index contributed by atoms with van der Waals surface area (Å²) in [7, 11) is 0. The third-order valence-electron chi connectivity index (χ3n) is 6.13. The van der Waals surface area contributed by atoms with Gasteiger partial charge in [-0.25, -0.2) is 4.98 Å². The molecule has 0 radical (unpaired) electrons. The van der Waals surface area contributed by atoms with Crippen LogP contribution in [0, 0.1) is 12.8 Å². The lowest BCUT2D eigenvalue weighted by Gasteiger charge is -2.41. The summed E-state index contributed by atoms with van der Waals surface area (Å²) in [6.07, 6.45) is 2.86. The number of aromatic nitrogens is 2. The molecule has 2 saturated heterocycles.